The van der Waals surface area contributed by atoms with Crippen molar-refractivity contribution in [2.24, 2.45) is 0 Å². The normalized spacial score (nSPS) is 11.5. The number of nitrogens with zero attached hydrogens (tertiary/aromatic N) is 2. The molecule has 1 heterocycles. The molecule has 0 fully saturated rings. The average Bonchev–Trinajstić information content (AvgIpc) is 2.64. The molecule has 0 aliphatic heterocycles. The Bertz CT molecular complexity index is 234. The van der Waals surface area contributed by atoms with E-state index in [2.05, 4.69) is 36.3 Å². The second kappa shape index (κ2) is 5.78. The van der Waals surface area contributed by atoms with Crippen molar-refractivity contribution in [3.8, 4) is 0 Å². The first kappa shape index (κ1) is 11.2. The Morgan fingerprint density at radius 2 is 2.36 bits per heavy atom. The van der Waals surface area contributed by atoms with Crippen LogP contribution in [0.15, 0.2) is 17.0 Å². The molecule has 14 heavy (non-hydrogen) atoms. The molecule has 0 amide bonds. The van der Waals surface area contributed by atoms with Gasteiger partial charge in [0.2, 0.25) is 0 Å². The predicted octanol–water partition coefficient (Wildman–Crippen LogP) is 1.10. The van der Waals surface area contributed by atoms with Gasteiger partial charge in [-0.25, -0.2) is 0 Å². The monoisotopic (exact) mass is 197 g/mol. The first-order valence-electron chi connectivity index (χ1n) is 4.99. The van der Waals surface area contributed by atoms with Gasteiger partial charge in [-0.2, -0.15) is 0 Å². The quantitative estimate of drug-likeness (QED) is 0.693. The molecule has 0 saturated carbocycles. The van der Waals surface area contributed by atoms with Crippen LogP contribution in [0.3, 0.4) is 0 Å². The number of aromatic nitrogens is 1. The second-order valence-electron chi connectivity index (χ2n) is 3.78. The summed E-state index contributed by atoms with van der Waals surface area (Å²) < 4.78 is 4.73. The highest BCUT2D eigenvalue weighted by Crippen LogP contribution is 1.95. The van der Waals surface area contributed by atoms with Crippen molar-refractivity contribution in [1.29, 1.82) is 0 Å². The second-order valence-corrected chi connectivity index (χ2v) is 3.78. The van der Waals surface area contributed by atoms with Gasteiger partial charge in [0.1, 0.15) is 6.26 Å². The minimum Gasteiger partial charge on any atom is -0.364 e. The fourth-order valence-corrected chi connectivity index (χ4v) is 1.06. The summed E-state index contributed by atoms with van der Waals surface area (Å²) in [7, 11) is 2.13. The Balaban J connectivity index is 2.05. The Morgan fingerprint density at radius 1 is 1.57 bits per heavy atom. The van der Waals surface area contributed by atoms with Crippen LogP contribution in [-0.2, 0) is 6.54 Å². The highest BCUT2D eigenvalue weighted by Gasteiger charge is 2.01. The van der Waals surface area contributed by atoms with E-state index in [-0.39, 0.29) is 0 Å². The minimum absolute atomic E-state index is 0.604. The molecular formula is C10H19N3O. The van der Waals surface area contributed by atoms with Crippen molar-refractivity contribution < 1.29 is 4.52 Å². The molecule has 4 nitrogen and oxygen atoms in total. The van der Waals surface area contributed by atoms with Gasteiger partial charge in [0, 0.05) is 31.2 Å². The molecule has 1 aromatic rings. The molecule has 0 radical (unpaired) electrons. The van der Waals surface area contributed by atoms with E-state index in [1.54, 1.807) is 12.5 Å². The summed E-state index contributed by atoms with van der Waals surface area (Å²) in [6.07, 6.45) is 3.40. The molecular weight excluding hydrogens is 178 g/mol. The van der Waals surface area contributed by atoms with Crippen molar-refractivity contribution in [1.82, 2.24) is 15.4 Å². The van der Waals surface area contributed by atoms with Crippen LogP contribution in [0.2, 0.25) is 0 Å². The van der Waals surface area contributed by atoms with Gasteiger partial charge in [0.25, 0.3) is 0 Å². The average molecular weight is 197 g/mol. The van der Waals surface area contributed by atoms with Crippen molar-refractivity contribution in [3.05, 3.63) is 18.0 Å². The zero-order chi connectivity index (χ0) is 10.4. The minimum atomic E-state index is 0.604. The first-order chi connectivity index (χ1) is 6.70. The fourth-order valence-electron chi connectivity index (χ4n) is 1.06. The largest absolute Gasteiger partial charge is 0.364 e. The van der Waals surface area contributed by atoms with Gasteiger partial charge in [0.05, 0.1) is 6.20 Å². The number of rotatable bonds is 6. The molecule has 1 N–H and O–H groups in total. The maximum Gasteiger partial charge on any atom is 0.128 e. The van der Waals surface area contributed by atoms with E-state index < -0.39 is 0 Å². The van der Waals surface area contributed by atoms with Gasteiger partial charge in [-0.15, -0.1) is 0 Å². The Hall–Kier alpha value is -0.870. The van der Waals surface area contributed by atoms with Crippen LogP contribution in [0.4, 0.5) is 0 Å². The van der Waals surface area contributed by atoms with E-state index in [9.17, 15) is 0 Å². The highest BCUT2D eigenvalue weighted by atomic mass is 16.5. The maximum absolute atomic E-state index is 4.73. The molecule has 1 rings (SSSR count). The van der Waals surface area contributed by atoms with Gasteiger partial charge in [0.15, 0.2) is 0 Å². The summed E-state index contributed by atoms with van der Waals surface area (Å²) in [5.74, 6) is 0. The van der Waals surface area contributed by atoms with Crippen LogP contribution < -0.4 is 5.32 Å². The molecule has 1 aromatic heterocycles. The van der Waals surface area contributed by atoms with Crippen LogP contribution in [0, 0.1) is 0 Å². The third-order valence-corrected chi connectivity index (χ3v) is 2.34. The predicted molar refractivity (Wildman–Crippen MR) is 56.0 cm³/mol. The first-order valence-corrected chi connectivity index (χ1v) is 4.99. The van der Waals surface area contributed by atoms with Crippen LogP contribution in [0.25, 0.3) is 0 Å². The summed E-state index contributed by atoms with van der Waals surface area (Å²) in [5.41, 5.74) is 1.09. The highest BCUT2D eigenvalue weighted by molar-refractivity contribution is 4.98. The molecule has 0 bridgehead atoms. The number of likely N-dealkylation sites (N-methyl/N-ethyl adjacent to an activating group) is 1. The smallest absolute Gasteiger partial charge is 0.128 e. The van der Waals surface area contributed by atoms with Crippen molar-refractivity contribution in [2.75, 3.05) is 20.1 Å². The lowest BCUT2D eigenvalue weighted by Gasteiger charge is -2.20. The summed E-state index contributed by atoms with van der Waals surface area (Å²) in [6.45, 7) is 7.26. The van der Waals surface area contributed by atoms with Crippen LogP contribution in [0.1, 0.15) is 19.4 Å². The third kappa shape index (κ3) is 3.89. The molecule has 0 aliphatic carbocycles. The van der Waals surface area contributed by atoms with Gasteiger partial charge in [-0.3, -0.25) is 0 Å². The zero-order valence-electron chi connectivity index (χ0n) is 9.16. The Morgan fingerprint density at radius 3 is 2.93 bits per heavy atom. The molecule has 0 aromatic carbocycles. The summed E-state index contributed by atoms with van der Waals surface area (Å²) >= 11 is 0. The SMILES string of the molecule is CC(C)N(C)CCNCc1cnoc1. The molecule has 0 atom stereocenters. The van der Waals surface area contributed by atoms with E-state index >= 15 is 0 Å². The zero-order valence-corrected chi connectivity index (χ0v) is 9.16. The topological polar surface area (TPSA) is 41.3 Å². The van der Waals surface area contributed by atoms with Crippen LogP contribution in [0.5, 0.6) is 0 Å². The lowest BCUT2D eigenvalue weighted by molar-refractivity contribution is 0.273. The standard InChI is InChI=1S/C10H19N3O/c1-9(2)13(3)5-4-11-6-10-7-12-14-8-10/h7-9,11H,4-6H2,1-3H3. The maximum atomic E-state index is 4.73. The number of hydrogen-bond acceptors (Lipinski definition) is 4. The molecule has 0 saturated heterocycles. The fraction of sp³-hybridized carbons (Fsp3) is 0.700. The molecule has 80 valence electrons. The van der Waals surface area contributed by atoms with Crippen LogP contribution in [-0.4, -0.2) is 36.2 Å². The van der Waals surface area contributed by atoms with Gasteiger partial charge in [-0.05, 0) is 20.9 Å². The Labute approximate surface area is 85.3 Å². The van der Waals surface area contributed by atoms with Crippen molar-refractivity contribution >= 4 is 0 Å². The third-order valence-electron chi connectivity index (χ3n) is 2.34. The van der Waals surface area contributed by atoms with Crippen molar-refractivity contribution in [3.63, 3.8) is 0 Å². The van der Waals surface area contributed by atoms with E-state index in [1.165, 1.54) is 0 Å². The number of hydrogen-bond donors (Lipinski definition) is 1. The summed E-state index contributed by atoms with van der Waals surface area (Å²) in [5, 5.41) is 6.97. The molecule has 0 spiro atoms. The van der Waals surface area contributed by atoms with E-state index in [0.717, 1.165) is 25.2 Å². The van der Waals surface area contributed by atoms with E-state index in [0.29, 0.717) is 6.04 Å². The number of nitrogens with one attached hydrogen (secondary N) is 1. The summed E-state index contributed by atoms with van der Waals surface area (Å²) in [6, 6.07) is 0.604. The van der Waals surface area contributed by atoms with Gasteiger partial charge in [-0.1, -0.05) is 5.16 Å². The Kier molecular flexibility index (Phi) is 4.62. The van der Waals surface area contributed by atoms with Crippen molar-refractivity contribution in [2.45, 2.75) is 26.4 Å². The van der Waals surface area contributed by atoms with Gasteiger partial charge >= 0.3 is 0 Å². The van der Waals surface area contributed by atoms with Gasteiger partial charge < -0.3 is 14.7 Å². The lowest BCUT2D eigenvalue weighted by Crippen LogP contribution is -2.33. The lowest BCUT2D eigenvalue weighted by atomic mass is 10.3. The molecule has 0 unspecified atom stereocenters. The molecule has 0 aliphatic rings. The van der Waals surface area contributed by atoms with E-state index in [1.807, 2.05) is 0 Å². The molecule has 4 heteroatoms. The van der Waals surface area contributed by atoms with E-state index in [4.69, 9.17) is 4.52 Å². The van der Waals surface area contributed by atoms with Crippen LogP contribution >= 0.6 is 0 Å². The summed E-state index contributed by atoms with van der Waals surface area (Å²) in [4.78, 5) is 2.31.